The van der Waals surface area contributed by atoms with E-state index >= 15 is 0 Å². The largest absolute Gasteiger partial charge is 0.477 e. The van der Waals surface area contributed by atoms with Gasteiger partial charge in [-0.3, -0.25) is 0 Å². The van der Waals surface area contributed by atoms with Crippen molar-refractivity contribution in [2.45, 2.75) is 0 Å². The molecular weight excluding hydrogens is 222 g/mol. The van der Waals surface area contributed by atoms with Crippen LogP contribution in [-0.4, -0.2) is 24.8 Å². The Labute approximate surface area is 92.0 Å². The first-order valence-corrected chi connectivity index (χ1v) is 5.13. The zero-order valence-corrected chi connectivity index (χ0v) is 9.03. The Morgan fingerprint density at radius 1 is 1.64 bits per heavy atom. The smallest absolute Gasteiger partial charge is 0.211 e. The van der Waals surface area contributed by atoms with E-state index in [2.05, 4.69) is 4.98 Å². The number of rotatable bonds is 3. The van der Waals surface area contributed by atoms with E-state index in [9.17, 15) is 0 Å². The number of H-pyrrole nitrogens is 1. The SMILES string of the molecule is S=c1cc[nH]c(OCC2COC2)c1Cl. The number of nitrogens with one attached hydrogen (secondary N) is 1. The molecule has 3 nitrogen and oxygen atoms in total. The summed E-state index contributed by atoms with van der Waals surface area (Å²) >= 11 is 11.0. The van der Waals surface area contributed by atoms with Gasteiger partial charge in [-0.25, -0.2) is 0 Å². The van der Waals surface area contributed by atoms with E-state index in [0.717, 1.165) is 13.2 Å². The highest BCUT2D eigenvalue weighted by atomic mass is 35.5. The molecule has 0 aliphatic carbocycles. The Morgan fingerprint density at radius 3 is 3.07 bits per heavy atom. The van der Waals surface area contributed by atoms with E-state index in [1.807, 2.05) is 0 Å². The Kier molecular flexibility index (Phi) is 3.05. The van der Waals surface area contributed by atoms with Crippen LogP contribution in [0.3, 0.4) is 0 Å². The molecule has 0 unspecified atom stereocenters. The van der Waals surface area contributed by atoms with E-state index in [4.69, 9.17) is 33.3 Å². The van der Waals surface area contributed by atoms with Crippen LogP contribution in [0.1, 0.15) is 0 Å². The fraction of sp³-hybridized carbons (Fsp3) is 0.444. The van der Waals surface area contributed by atoms with E-state index in [1.165, 1.54) is 0 Å². The molecule has 0 radical (unpaired) electrons. The standard InChI is InChI=1S/C9H10ClNO2S/c10-8-7(14)1-2-11-9(8)13-5-6-3-12-4-6/h1-2,6H,3-5H2,(H,11,14). The summed E-state index contributed by atoms with van der Waals surface area (Å²) in [5.74, 6) is 1.03. The van der Waals surface area contributed by atoms with Crippen LogP contribution in [0.25, 0.3) is 0 Å². The lowest BCUT2D eigenvalue weighted by molar-refractivity contribution is -0.0514. The van der Waals surface area contributed by atoms with E-state index < -0.39 is 0 Å². The average molecular weight is 232 g/mol. The molecule has 0 saturated carbocycles. The Bertz CT molecular complexity index is 375. The third kappa shape index (κ3) is 2.08. The fourth-order valence-electron chi connectivity index (χ4n) is 1.13. The molecule has 1 aliphatic heterocycles. The van der Waals surface area contributed by atoms with Crippen LogP contribution in [0, 0.1) is 10.4 Å². The van der Waals surface area contributed by atoms with Crippen molar-refractivity contribution >= 4 is 23.8 Å². The first kappa shape index (κ1) is 9.96. The summed E-state index contributed by atoms with van der Waals surface area (Å²) in [6.07, 6.45) is 1.72. The fourth-order valence-corrected chi connectivity index (χ4v) is 1.46. The van der Waals surface area contributed by atoms with Gasteiger partial charge in [-0.15, -0.1) is 0 Å². The molecule has 0 atom stereocenters. The summed E-state index contributed by atoms with van der Waals surface area (Å²) in [6.45, 7) is 2.16. The molecule has 0 bridgehead atoms. The zero-order valence-electron chi connectivity index (χ0n) is 7.46. The summed E-state index contributed by atoms with van der Waals surface area (Å²) in [7, 11) is 0. The van der Waals surface area contributed by atoms with Crippen LogP contribution < -0.4 is 4.74 Å². The van der Waals surface area contributed by atoms with Crippen molar-refractivity contribution in [3.63, 3.8) is 0 Å². The van der Waals surface area contributed by atoms with Crippen molar-refractivity contribution in [3.8, 4) is 5.88 Å². The predicted molar refractivity (Wildman–Crippen MR) is 56.4 cm³/mol. The topological polar surface area (TPSA) is 34.2 Å². The molecule has 2 heterocycles. The van der Waals surface area contributed by atoms with Gasteiger partial charge in [-0.05, 0) is 6.07 Å². The second-order valence-corrected chi connectivity index (χ2v) is 4.02. The number of hydrogen-bond donors (Lipinski definition) is 1. The molecule has 1 aromatic rings. The number of hydrogen-bond acceptors (Lipinski definition) is 3. The number of ether oxygens (including phenoxy) is 2. The minimum Gasteiger partial charge on any atom is -0.477 e. The van der Waals surface area contributed by atoms with Gasteiger partial charge in [-0.1, -0.05) is 23.8 Å². The van der Waals surface area contributed by atoms with Crippen LogP contribution in [0.2, 0.25) is 5.02 Å². The maximum absolute atomic E-state index is 5.95. The van der Waals surface area contributed by atoms with E-state index in [1.54, 1.807) is 12.3 Å². The van der Waals surface area contributed by atoms with Gasteiger partial charge in [0, 0.05) is 12.1 Å². The Hall–Kier alpha value is -0.580. The van der Waals surface area contributed by atoms with Crippen molar-refractivity contribution in [3.05, 3.63) is 21.8 Å². The number of aromatic nitrogens is 1. The van der Waals surface area contributed by atoms with Crippen LogP contribution in [0.5, 0.6) is 5.88 Å². The van der Waals surface area contributed by atoms with Gasteiger partial charge >= 0.3 is 0 Å². The van der Waals surface area contributed by atoms with E-state index in [-0.39, 0.29) is 0 Å². The normalized spacial score (nSPS) is 16.4. The van der Waals surface area contributed by atoms with Crippen molar-refractivity contribution in [2.24, 2.45) is 5.92 Å². The predicted octanol–water partition coefficient (Wildman–Crippen LogP) is 2.42. The van der Waals surface area contributed by atoms with Crippen LogP contribution in [0.15, 0.2) is 12.3 Å². The number of aromatic amines is 1. The number of halogens is 1. The zero-order chi connectivity index (χ0) is 9.97. The van der Waals surface area contributed by atoms with Crippen molar-refractivity contribution in [1.29, 1.82) is 0 Å². The third-order valence-corrected chi connectivity index (χ3v) is 2.86. The van der Waals surface area contributed by atoms with Gasteiger partial charge in [0.2, 0.25) is 5.88 Å². The van der Waals surface area contributed by atoms with Crippen LogP contribution in [0.4, 0.5) is 0 Å². The van der Waals surface area contributed by atoms with Crippen molar-refractivity contribution < 1.29 is 9.47 Å². The molecular formula is C9H10ClNO2S. The molecule has 5 heteroatoms. The minimum absolute atomic E-state index is 0.475. The summed E-state index contributed by atoms with van der Waals surface area (Å²) in [4.78, 5) is 2.92. The highest BCUT2D eigenvalue weighted by Gasteiger charge is 2.19. The lowest BCUT2D eigenvalue weighted by Crippen LogP contribution is -2.32. The maximum Gasteiger partial charge on any atom is 0.211 e. The van der Waals surface area contributed by atoms with Gasteiger partial charge in [0.05, 0.1) is 24.3 Å². The maximum atomic E-state index is 5.95. The monoisotopic (exact) mass is 231 g/mol. The van der Waals surface area contributed by atoms with Gasteiger partial charge < -0.3 is 14.5 Å². The molecule has 2 rings (SSSR count). The van der Waals surface area contributed by atoms with E-state index in [0.29, 0.717) is 27.9 Å². The average Bonchev–Trinajstić information content (AvgIpc) is 2.09. The molecule has 1 N–H and O–H groups in total. The first-order valence-electron chi connectivity index (χ1n) is 4.35. The molecule has 1 aromatic heterocycles. The minimum atomic E-state index is 0.475. The highest BCUT2D eigenvalue weighted by molar-refractivity contribution is 7.71. The molecule has 1 fully saturated rings. The summed E-state index contributed by atoms with van der Waals surface area (Å²) < 4.78 is 11.1. The second-order valence-electron chi connectivity index (χ2n) is 3.20. The van der Waals surface area contributed by atoms with Gasteiger partial charge in [0.1, 0.15) is 5.02 Å². The van der Waals surface area contributed by atoms with Crippen LogP contribution in [-0.2, 0) is 4.74 Å². The van der Waals surface area contributed by atoms with Gasteiger partial charge in [-0.2, -0.15) is 0 Å². The molecule has 76 valence electrons. The summed E-state index contributed by atoms with van der Waals surface area (Å²) in [5.41, 5.74) is 0. The third-order valence-electron chi connectivity index (χ3n) is 2.04. The van der Waals surface area contributed by atoms with Crippen LogP contribution >= 0.6 is 23.8 Å². The second kappa shape index (κ2) is 4.29. The van der Waals surface area contributed by atoms with Gasteiger partial charge in [0.25, 0.3) is 0 Å². The summed E-state index contributed by atoms with van der Waals surface area (Å²) in [6, 6.07) is 1.73. The molecule has 1 saturated heterocycles. The molecule has 1 aliphatic rings. The molecule has 14 heavy (non-hydrogen) atoms. The van der Waals surface area contributed by atoms with Gasteiger partial charge in [0.15, 0.2) is 0 Å². The quantitative estimate of drug-likeness (QED) is 0.812. The van der Waals surface area contributed by atoms with Crippen molar-refractivity contribution in [1.82, 2.24) is 4.98 Å². The molecule has 0 aromatic carbocycles. The Morgan fingerprint density at radius 2 is 2.43 bits per heavy atom. The lowest BCUT2D eigenvalue weighted by Gasteiger charge is -2.25. The summed E-state index contributed by atoms with van der Waals surface area (Å²) in [5, 5.41) is 0.475. The lowest BCUT2D eigenvalue weighted by atomic mass is 10.1. The highest BCUT2D eigenvalue weighted by Crippen LogP contribution is 2.23. The number of pyridine rings is 1. The molecule has 0 spiro atoms. The first-order chi connectivity index (χ1) is 6.77. The Balaban J connectivity index is 2.01. The van der Waals surface area contributed by atoms with Crippen molar-refractivity contribution in [2.75, 3.05) is 19.8 Å². The molecule has 0 amide bonds.